The molecule has 1 saturated heterocycles. The molecule has 2 rings (SSSR count). The molecule has 1 aliphatic heterocycles. The maximum atomic E-state index is 14.4. The molecule has 0 aliphatic carbocycles. The average molecular weight is 503 g/mol. The molecule has 6 nitrogen and oxygen atoms in total. The molecule has 1 N–H and O–H groups in total. The molecule has 3 atom stereocenters. The first-order valence-electron chi connectivity index (χ1n) is 12.3. The number of aromatic nitrogens is 2. The third-order valence-electron chi connectivity index (χ3n) is 5.90. The number of esters is 1. The predicted octanol–water partition coefficient (Wildman–Crippen LogP) is 6.04. The standard InChI is InChI=1S/C24H39FN2O4S2/c1-3-33-14-12-10-8-6-4-5-7-9-11-13-22(28)30-17-20-19(25)15-21(31-20)27-16-18(2)23(29)26-24(27)32/h16,19-21H,3-15,17H2,1-2H3,(H,26,29,32)/t19-,20+,21+/m0/s1. The highest BCUT2D eigenvalue weighted by molar-refractivity contribution is 7.99. The van der Waals surface area contributed by atoms with Gasteiger partial charge >= 0.3 is 5.97 Å². The Kier molecular flexibility index (Phi) is 13.3. The summed E-state index contributed by atoms with van der Waals surface area (Å²) in [6.45, 7) is 3.75. The number of nitrogens with zero attached hydrogens (tertiary/aromatic N) is 1. The number of aromatic amines is 1. The fourth-order valence-electron chi connectivity index (χ4n) is 3.91. The minimum Gasteiger partial charge on any atom is -0.463 e. The van der Waals surface area contributed by atoms with E-state index in [2.05, 4.69) is 11.9 Å². The van der Waals surface area contributed by atoms with Crippen LogP contribution in [0.1, 0.15) is 89.3 Å². The summed E-state index contributed by atoms with van der Waals surface area (Å²) in [5.74, 6) is 2.19. The molecule has 1 aromatic heterocycles. The van der Waals surface area contributed by atoms with Crippen molar-refractivity contribution in [3.05, 3.63) is 26.9 Å². The Hall–Kier alpha value is -1.19. The molecule has 0 radical (unpaired) electrons. The number of aryl methyl sites for hydroxylation is 1. The van der Waals surface area contributed by atoms with Crippen molar-refractivity contribution in [3.63, 3.8) is 0 Å². The third-order valence-corrected chi connectivity index (χ3v) is 7.20. The highest BCUT2D eigenvalue weighted by atomic mass is 32.2. The summed E-state index contributed by atoms with van der Waals surface area (Å²) in [5, 5.41) is 0. The molecule has 33 heavy (non-hydrogen) atoms. The van der Waals surface area contributed by atoms with Gasteiger partial charge in [0.2, 0.25) is 0 Å². The molecule has 1 aliphatic rings. The van der Waals surface area contributed by atoms with E-state index in [-0.39, 0.29) is 29.3 Å². The number of unbranched alkanes of at least 4 members (excludes halogenated alkanes) is 8. The van der Waals surface area contributed by atoms with Crippen molar-refractivity contribution in [1.82, 2.24) is 9.55 Å². The van der Waals surface area contributed by atoms with Crippen LogP contribution >= 0.6 is 24.0 Å². The van der Waals surface area contributed by atoms with Crippen LogP contribution in [0.2, 0.25) is 0 Å². The first kappa shape index (κ1) is 28.1. The van der Waals surface area contributed by atoms with E-state index in [1.54, 1.807) is 17.7 Å². The van der Waals surface area contributed by atoms with Crippen LogP contribution in [0, 0.1) is 11.7 Å². The molecule has 188 valence electrons. The number of ether oxygens (including phenoxy) is 2. The quantitative estimate of drug-likeness (QED) is 0.169. The van der Waals surface area contributed by atoms with Crippen LogP contribution in [0.3, 0.4) is 0 Å². The van der Waals surface area contributed by atoms with E-state index in [4.69, 9.17) is 21.7 Å². The monoisotopic (exact) mass is 502 g/mol. The number of nitrogens with one attached hydrogen (secondary N) is 1. The molecule has 0 unspecified atom stereocenters. The number of hydrogen-bond acceptors (Lipinski definition) is 6. The van der Waals surface area contributed by atoms with Gasteiger partial charge in [-0.15, -0.1) is 0 Å². The van der Waals surface area contributed by atoms with Gasteiger partial charge in [-0.1, -0.05) is 51.9 Å². The van der Waals surface area contributed by atoms with Crippen LogP contribution in [-0.2, 0) is 14.3 Å². The van der Waals surface area contributed by atoms with Crippen LogP contribution in [0.5, 0.6) is 0 Å². The number of halogens is 1. The van der Waals surface area contributed by atoms with E-state index in [9.17, 15) is 14.0 Å². The molecule has 1 fully saturated rings. The van der Waals surface area contributed by atoms with Gasteiger partial charge in [-0.3, -0.25) is 19.1 Å². The third kappa shape index (κ3) is 10.3. The second kappa shape index (κ2) is 15.7. The van der Waals surface area contributed by atoms with E-state index in [1.165, 1.54) is 50.0 Å². The summed E-state index contributed by atoms with van der Waals surface area (Å²) < 4.78 is 27.1. The minimum absolute atomic E-state index is 0.0969. The normalized spacial score (nSPS) is 20.3. The van der Waals surface area contributed by atoms with Crippen molar-refractivity contribution < 1.29 is 18.7 Å². The maximum absolute atomic E-state index is 14.4. The van der Waals surface area contributed by atoms with E-state index < -0.39 is 18.5 Å². The zero-order chi connectivity index (χ0) is 24.1. The van der Waals surface area contributed by atoms with Crippen molar-refractivity contribution in [2.75, 3.05) is 18.1 Å². The fraction of sp³-hybridized carbons (Fsp3) is 0.792. The van der Waals surface area contributed by atoms with E-state index in [0.717, 1.165) is 19.3 Å². The molecule has 0 saturated carbocycles. The van der Waals surface area contributed by atoms with Crippen LogP contribution in [0.15, 0.2) is 11.0 Å². The largest absolute Gasteiger partial charge is 0.463 e. The summed E-state index contributed by atoms with van der Waals surface area (Å²) in [5.41, 5.74) is 0.202. The molecular weight excluding hydrogens is 463 g/mol. The maximum Gasteiger partial charge on any atom is 0.305 e. The Labute approximate surface area is 206 Å². The van der Waals surface area contributed by atoms with Crippen LogP contribution in [-0.4, -0.2) is 45.9 Å². The van der Waals surface area contributed by atoms with Gasteiger partial charge in [0.05, 0.1) is 0 Å². The van der Waals surface area contributed by atoms with Gasteiger partial charge in [0.1, 0.15) is 25.1 Å². The second-order valence-electron chi connectivity index (χ2n) is 8.67. The lowest BCUT2D eigenvalue weighted by Gasteiger charge is -2.17. The lowest BCUT2D eigenvalue weighted by atomic mass is 10.1. The lowest BCUT2D eigenvalue weighted by molar-refractivity contribution is -0.149. The summed E-state index contributed by atoms with van der Waals surface area (Å²) >= 11 is 7.18. The van der Waals surface area contributed by atoms with Gasteiger partial charge in [0, 0.05) is 24.6 Å². The molecule has 9 heteroatoms. The molecular formula is C24H39FN2O4S2. The van der Waals surface area contributed by atoms with Crippen molar-refractivity contribution in [2.24, 2.45) is 0 Å². The Bertz CT molecular complexity index is 829. The van der Waals surface area contributed by atoms with Gasteiger partial charge < -0.3 is 9.47 Å². The number of alkyl halides is 1. The van der Waals surface area contributed by atoms with Gasteiger partial charge in [-0.25, -0.2) is 4.39 Å². The highest BCUT2D eigenvalue weighted by Crippen LogP contribution is 2.31. The van der Waals surface area contributed by atoms with Gasteiger partial charge in [-0.05, 0) is 43.5 Å². The van der Waals surface area contributed by atoms with Crippen molar-refractivity contribution in [1.29, 1.82) is 0 Å². The summed E-state index contributed by atoms with van der Waals surface area (Å²) in [6, 6.07) is 0. The van der Waals surface area contributed by atoms with Crippen molar-refractivity contribution in [2.45, 2.75) is 103 Å². The Morgan fingerprint density at radius 2 is 1.85 bits per heavy atom. The Balaban J connectivity index is 1.54. The molecule has 0 bridgehead atoms. The molecule has 2 heterocycles. The molecule has 1 aromatic rings. The van der Waals surface area contributed by atoms with Crippen molar-refractivity contribution >= 4 is 29.9 Å². The topological polar surface area (TPSA) is 73.3 Å². The summed E-state index contributed by atoms with van der Waals surface area (Å²) in [4.78, 5) is 26.2. The highest BCUT2D eigenvalue weighted by Gasteiger charge is 2.37. The van der Waals surface area contributed by atoms with Crippen LogP contribution in [0.4, 0.5) is 4.39 Å². The molecule has 0 spiro atoms. The lowest BCUT2D eigenvalue weighted by Crippen LogP contribution is -2.25. The SMILES string of the molecule is CCSCCCCCCCCCCCC(=O)OC[C@H]1O[C@@H](n2cc(C)c(=O)[nH]c2=S)C[C@@H]1F. The second-order valence-corrected chi connectivity index (χ2v) is 10.5. The number of thioether (sulfide) groups is 1. The van der Waals surface area contributed by atoms with Gasteiger partial charge in [0.15, 0.2) is 4.77 Å². The van der Waals surface area contributed by atoms with Gasteiger partial charge in [-0.2, -0.15) is 11.8 Å². The first-order chi connectivity index (χ1) is 15.9. The zero-order valence-electron chi connectivity index (χ0n) is 20.0. The minimum atomic E-state index is -1.26. The number of H-pyrrole nitrogens is 1. The summed E-state index contributed by atoms with van der Waals surface area (Å²) in [7, 11) is 0. The molecule has 0 aromatic carbocycles. The van der Waals surface area contributed by atoms with Crippen LogP contribution in [0.25, 0.3) is 0 Å². The smallest absolute Gasteiger partial charge is 0.305 e. The number of hydrogen-bond donors (Lipinski definition) is 1. The van der Waals surface area contributed by atoms with Crippen LogP contribution < -0.4 is 5.56 Å². The number of carbonyl (C=O) groups is 1. The van der Waals surface area contributed by atoms with E-state index in [1.807, 2.05) is 11.8 Å². The predicted molar refractivity (Wildman–Crippen MR) is 134 cm³/mol. The molecule has 0 amide bonds. The van der Waals surface area contributed by atoms with Crippen molar-refractivity contribution in [3.8, 4) is 0 Å². The average Bonchev–Trinajstić information content (AvgIpc) is 3.15. The van der Waals surface area contributed by atoms with E-state index >= 15 is 0 Å². The zero-order valence-corrected chi connectivity index (χ0v) is 21.6. The van der Waals surface area contributed by atoms with E-state index in [0.29, 0.717) is 12.0 Å². The van der Waals surface area contributed by atoms with Gasteiger partial charge in [0.25, 0.3) is 5.56 Å². The number of carbonyl (C=O) groups excluding carboxylic acids is 1. The summed E-state index contributed by atoms with van der Waals surface area (Å²) in [6.07, 6.45) is 10.0. The Morgan fingerprint density at radius 1 is 1.21 bits per heavy atom. The first-order valence-corrected chi connectivity index (χ1v) is 13.8. The number of rotatable bonds is 16. The fourth-order valence-corrected chi connectivity index (χ4v) is 4.87. The Morgan fingerprint density at radius 3 is 2.52 bits per heavy atom.